The summed E-state index contributed by atoms with van der Waals surface area (Å²) in [6.45, 7) is 4.01. The van der Waals surface area contributed by atoms with E-state index in [9.17, 15) is 14.4 Å². The molecule has 0 bridgehead atoms. The third-order valence-electron chi connectivity index (χ3n) is 1.23. The predicted octanol–water partition coefficient (Wildman–Crippen LogP) is 0.652. The quantitative estimate of drug-likeness (QED) is 0.475. The van der Waals surface area contributed by atoms with E-state index in [1.807, 2.05) is 0 Å². The Labute approximate surface area is 76.6 Å². The maximum atomic E-state index is 11.1. The van der Waals surface area contributed by atoms with Crippen molar-refractivity contribution < 1.29 is 19.1 Å². The van der Waals surface area contributed by atoms with Crippen LogP contribution in [-0.4, -0.2) is 23.6 Å². The lowest BCUT2D eigenvalue weighted by Gasteiger charge is -2.06. The molecule has 0 aliphatic carbocycles. The molecule has 0 spiro atoms. The molecule has 1 atom stereocenters. The van der Waals surface area contributed by atoms with Crippen LogP contribution in [0.4, 0.5) is 0 Å². The van der Waals surface area contributed by atoms with Gasteiger partial charge in [0.25, 0.3) is 0 Å². The fourth-order valence-corrected chi connectivity index (χ4v) is 0.642. The van der Waals surface area contributed by atoms with Gasteiger partial charge >= 0.3 is 5.97 Å². The maximum Gasteiger partial charge on any atom is 0.303 e. The molecule has 0 aromatic rings. The Morgan fingerprint density at radius 3 is 2.08 bits per heavy atom. The fourth-order valence-electron chi connectivity index (χ4n) is 0.642. The molecule has 0 saturated carbocycles. The van der Waals surface area contributed by atoms with Crippen LogP contribution in [0.3, 0.4) is 0 Å². The predicted molar refractivity (Wildman–Crippen MR) is 46.1 cm³/mol. The molecule has 0 rings (SSSR count). The SMILES string of the molecule is CC(=O)/C=C/C(=O)C(C)OC(C)=O. The Morgan fingerprint density at radius 2 is 1.69 bits per heavy atom. The Hall–Kier alpha value is -1.45. The van der Waals surface area contributed by atoms with Gasteiger partial charge in [-0.25, -0.2) is 0 Å². The lowest BCUT2D eigenvalue weighted by molar-refractivity contribution is -0.150. The Morgan fingerprint density at radius 1 is 1.15 bits per heavy atom. The second-order valence-corrected chi connectivity index (χ2v) is 2.60. The number of carbonyl (C=O) groups is 3. The van der Waals surface area contributed by atoms with E-state index in [4.69, 9.17) is 0 Å². The molecule has 0 saturated heterocycles. The van der Waals surface area contributed by atoms with E-state index in [2.05, 4.69) is 4.74 Å². The summed E-state index contributed by atoms with van der Waals surface area (Å²) in [4.78, 5) is 31.9. The largest absolute Gasteiger partial charge is 0.454 e. The van der Waals surface area contributed by atoms with Crippen LogP contribution < -0.4 is 0 Å². The van der Waals surface area contributed by atoms with Gasteiger partial charge in [0, 0.05) is 6.92 Å². The van der Waals surface area contributed by atoms with Crippen LogP contribution in [0.25, 0.3) is 0 Å². The summed E-state index contributed by atoms with van der Waals surface area (Å²) in [5, 5.41) is 0. The van der Waals surface area contributed by atoms with Crippen LogP contribution in [0.15, 0.2) is 12.2 Å². The van der Waals surface area contributed by atoms with Crippen LogP contribution in [0.1, 0.15) is 20.8 Å². The Kier molecular flexibility index (Phi) is 4.66. The second-order valence-electron chi connectivity index (χ2n) is 2.60. The summed E-state index contributed by atoms with van der Waals surface area (Å²) in [7, 11) is 0. The summed E-state index contributed by atoms with van der Waals surface area (Å²) in [6, 6.07) is 0. The molecular formula is C9H12O4. The number of ketones is 2. The molecule has 0 heterocycles. The summed E-state index contributed by atoms with van der Waals surface area (Å²) >= 11 is 0. The van der Waals surface area contributed by atoms with E-state index in [0.29, 0.717) is 0 Å². The molecule has 0 aromatic carbocycles. The molecule has 0 radical (unpaired) electrons. The zero-order chi connectivity index (χ0) is 10.4. The minimum absolute atomic E-state index is 0.219. The van der Waals surface area contributed by atoms with Gasteiger partial charge in [0.1, 0.15) is 0 Å². The maximum absolute atomic E-state index is 11.1. The molecule has 0 fully saturated rings. The van der Waals surface area contributed by atoms with Crippen LogP contribution in [0, 0.1) is 0 Å². The Balaban J connectivity index is 4.11. The smallest absolute Gasteiger partial charge is 0.303 e. The number of rotatable bonds is 4. The molecule has 4 heteroatoms. The van der Waals surface area contributed by atoms with Gasteiger partial charge in [-0.15, -0.1) is 0 Å². The fraction of sp³-hybridized carbons (Fsp3) is 0.444. The molecule has 0 aromatic heterocycles. The van der Waals surface area contributed by atoms with Crippen molar-refractivity contribution in [3.05, 3.63) is 12.2 Å². The second kappa shape index (κ2) is 5.24. The molecule has 72 valence electrons. The summed E-state index contributed by atoms with van der Waals surface area (Å²) < 4.78 is 4.59. The first-order valence-electron chi connectivity index (χ1n) is 3.83. The first kappa shape index (κ1) is 11.6. The van der Waals surface area contributed by atoms with Crippen LogP contribution in [0.5, 0.6) is 0 Å². The molecule has 0 amide bonds. The first-order valence-corrected chi connectivity index (χ1v) is 3.83. The van der Waals surface area contributed by atoms with E-state index in [-0.39, 0.29) is 5.78 Å². The zero-order valence-corrected chi connectivity index (χ0v) is 7.87. The molecule has 1 unspecified atom stereocenters. The molecule has 0 N–H and O–H groups in total. The topological polar surface area (TPSA) is 60.4 Å². The van der Waals surface area contributed by atoms with Gasteiger partial charge < -0.3 is 4.74 Å². The minimum Gasteiger partial charge on any atom is -0.454 e. The lowest BCUT2D eigenvalue weighted by Crippen LogP contribution is -2.21. The molecule has 13 heavy (non-hydrogen) atoms. The zero-order valence-electron chi connectivity index (χ0n) is 7.87. The van der Waals surface area contributed by atoms with Gasteiger partial charge in [0.15, 0.2) is 17.7 Å². The number of hydrogen-bond acceptors (Lipinski definition) is 4. The highest BCUT2D eigenvalue weighted by molar-refractivity contribution is 6.00. The highest BCUT2D eigenvalue weighted by Gasteiger charge is 2.12. The highest BCUT2D eigenvalue weighted by atomic mass is 16.5. The van der Waals surface area contributed by atoms with Gasteiger partial charge in [-0.3, -0.25) is 14.4 Å². The number of esters is 1. The van der Waals surface area contributed by atoms with E-state index >= 15 is 0 Å². The number of allylic oxidation sites excluding steroid dienone is 1. The van der Waals surface area contributed by atoms with Crippen molar-refractivity contribution in [3.63, 3.8) is 0 Å². The standard InChI is InChI=1S/C9H12O4/c1-6(10)4-5-9(12)7(2)13-8(3)11/h4-5,7H,1-3H3/b5-4+. The summed E-state index contributed by atoms with van der Waals surface area (Å²) in [5.41, 5.74) is 0. The molecular weight excluding hydrogens is 172 g/mol. The van der Waals surface area contributed by atoms with Crippen molar-refractivity contribution in [3.8, 4) is 0 Å². The summed E-state index contributed by atoms with van der Waals surface area (Å²) in [6.07, 6.45) is 1.42. The normalized spacial score (nSPS) is 12.5. The van der Waals surface area contributed by atoms with Gasteiger partial charge in [0.05, 0.1) is 0 Å². The van der Waals surface area contributed by atoms with Crippen molar-refractivity contribution in [2.24, 2.45) is 0 Å². The van der Waals surface area contributed by atoms with E-state index in [0.717, 1.165) is 12.2 Å². The molecule has 4 nitrogen and oxygen atoms in total. The van der Waals surface area contributed by atoms with Crippen LogP contribution in [-0.2, 0) is 19.1 Å². The van der Waals surface area contributed by atoms with Crippen molar-refractivity contribution in [2.45, 2.75) is 26.9 Å². The summed E-state index contributed by atoms with van der Waals surface area (Å²) in [5.74, 6) is -1.13. The van der Waals surface area contributed by atoms with Gasteiger partial charge in [-0.1, -0.05) is 0 Å². The monoisotopic (exact) mass is 184 g/mol. The van der Waals surface area contributed by atoms with Crippen molar-refractivity contribution in [1.82, 2.24) is 0 Å². The third kappa shape index (κ3) is 5.78. The van der Waals surface area contributed by atoms with Crippen LogP contribution in [0.2, 0.25) is 0 Å². The highest BCUT2D eigenvalue weighted by Crippen LogP contribution is 1.95. The average Bonchev–Trinajstić information content (AvgIpc) is 1.98. The minimum atomic E-state index is -0.826. The first-order chi connectivity index (χ1) is 5.93. The van der Waals surface area contributed by atoms with E-state index in [1.165, 1.54) is 20.8 Å². The van der Waals surface area contributed by atoms with E-state index in [1.54, 1.807) is 0 Å². The number of carbonyl (C=O) groups excluding carboxylic acids is 3. The lowest BCUT2D eigenvalue weighted by atomic mass is 10.2. The van der Waals surface area contributed by atoms with Crippen molar-refractivity contribution in [2.75, 3.05) is 0 Å². The average molecular weight is 184 g/mol. The number of hydrogen-bond donors (Lipinski definition) is 0. The van der Waals surface area contributed by atoms with Gasteiger partial charge in [-0.2, -0.15) is 0 Å². The Bertz CT molecular complexity index is 252. The third-order valence-corrected chi connectivity index (χ3v) is 1.23. The van der Waals surface area contributed by atoms with E-state index < -0.39 is 17.9 Å². The molecule has 0 aliphatic rings. The van der Waals surface area contributed by atoms with Crippen LogP contribution >= 0.6 is 0 Å². The van der Waals surface area contributed by atoms with Crippen molar-refractivity contribution in [1.29, 1.82) is 0 Å². The van der Waals surface area contributed by atoms with Crippen molar-refractivity contribution >= 4 is 17.5 Å². The van der Waals surface area contributed by atoms with Gasteiger partial charge in [-0.05, 0) is 26.0 Å². The molecule has 0 aliphatic heterocycles. The number of ether oxygens (including phenoxy) is 1. The van der Waals surface area contributed by atoms with Gasteiger partial charge in [0.2, 0.25) is 0 Å².